The van der Waals surface area contributed by atoms with Crippen LogP contribution in [0.2, 0.25) is 0 Å². The van der Waals surface area contributed by atoms with Gasteiger partial charge in [0.15, 0.2) is 0 Å². The predicted molar refractivity (Wildman–Crippen MR) is 68.2 cm³/mol. The molecule has 0 saturated carbocycles. The molecular formula is C13H18N2O3. The maximum atomic E-state index is 11.8. The molecule has 2 atom stereocenters. The van der Waals surface area contributed by atoms with Gasteiger partial charge >= 0.3 is 12.0 Å². The number of carbonyl (C=O) groups excluding carboxylic acids is 1. The molecule has 2 amide bonds. The van der Waals surface area contributed by atoms with Gasteiger partial charge < -0.3 is 15.3 Å². The summed E-state index contributed by atoms with van der Waals surface area (Å²) in [5.74, 6) is -1.03. The quantitative estimate of drug-likeness (QED) is 0.857. The van der Waals surface area contributed by atoms with Gasteiger partial charge in [-0.05, 0) is 19.4 Å². The smallest absolute Gasteiger partial charge is 0.326 e. The third-order valence-corrected chi connectivity index (χ3v) is 2.90. The molecule has 0 saturated heterocycles. The Balaban J connectivity index is 2.62. The Labute approximate surface area is 106 Å². The molecule has 1 aromatic carbocycles. The minimum absolute atomic E-state index is 0.165. The van der Waals surface area contributed by atoms with Gasteiger partial charge in [0, 0.05) is 7.05 Å². The van der Waals surface area contributed by atoms with Crippen molar-refractivity contribution < 1.29 is 14.7 Å². The van der Waals surface area contributed by atoms with Crippen LogP contribution in [0.1, 0.15) is 25.5 Å². The Kier molecular flexibility index (Phi) is 4.71. The van der Waals surface area contributed by atoms with E-state index in [1.165, 1.54) is 18.9 Å². The molecule has 0 radical (unpaired) electrons. The first-order valence-electron chi connectivity index (χ1n) is 5.74. The fourth-order valence-corrected chi connectivity index (χ4v) is 1.45. The number of nitrogens with zero attached hydrogens (tertiary/aromatic N) is 1. The monoisotopic (exact) mass is 250 g/mol. The van der Waals surface area contributed by atoms with Crippen LogP contribution in [-0.2, 0) is 4.79 Å². The molecule has 0 heterocycles. The van der Waals surface area contributed by atoms with Crippen LogP contribution in [0, 0.1) is 0 Å². The summed E-state index contributed by atoms with van der Waals surface area (Å²) in [5, 5.41) is 11.6. The van der Waals surface area contributed by atoms with Gasteiger partial charge in [0.05, 0.1) is 6.04 Å². The summed E-state index contributed by atoms with van der Waals surface area (Å²) in [6.45, 7) is 3.32. The number of carboxylic acid groups (broad SMARTS) is 1. The van der Waals surface area contributed by atoms with Crippen LogP contribution in [0.15, 0.2) is 30.3 Å². The number of carboxylic acids is 1. The largest absolute Gasteiger partial charge is 0.480 e. The van der Waals surface area contributed by atoms with Crippen LogP contribution in [0.3, 0.4) is 0 Å². The lowest BCUT2D eigenvalue weighted by molar-refractivity contribution is -0.141. The van der Waals surface area contributed by atoms with Crippen LogP contribution in [0.4, 0.5) is 4.79 Å². The van der Waals surface area contributed by atoms with Gasteiger partial charge in [-0.3, -0.25) is 0 Å². The van der Waals surface area contributed by atoms with Crippen molar-refractivity contribution in [2.45, 2.75) is 25.9 Å². The van der Waals surface area contributed by atoms with Gasteiger partial charge in [-0.25, -0.2) is 9.59 Å². The van der Waals surface area contributed by atoms with Crippen molar-refractivity contribution in [3.63, 3.8) is 0 Å². The summed E-state index contributed by atoms with van der Waals surface area (Å²) < 4.78 is 0. The van der Waals surface area contributed by atoms with E-state index in [1.807, 2.05) is 37.3 Å². The minimum Gasteiger partial charge on any atom is -0.480 e. The summed E-state index contributed by atoms with van der Waals surface area (Å²) in [4.78, 5) is 23.8. The van der Waals surface area contributed by atoms with Crippen molar-refractivity contribution in [3.8, 4) is 0 Å². The molecule has 5 nitrogen and oxygen atoms in total. The Bertz CT molecular complexity index is 420. The highest BCUT2D eigenvalue weighted by Gasteiger charge is 2.22. The molecule has 1 rings (SSSR count). The van der Waals surface area contributed by atoms with Crippen molar-refractivity contribution in [1.29, 1.82) is 0 Å². The number of urea groups is 1. The topological polar surface area (TPSA) is 69.6 Å². The van der Waals surface area contributed by atoms with E-state index in [0.29, 0.717) is 0 Å². The standard InChI is InChI=1S/C13H18N2O3/c1-9(11-7-5-4-6-8-11)14-13(18)15(3)10(2)12(16)17/h4-10H,1-3H3,(H,14,18)(H,16,17). The first-order chi connectivity index (χ1) is 8.43. The van der Waals surface area contributed by atoms with E-state index < -0.39 is 18.0 Å². The number of hydrogen-bond donors (Lipinski definition) is 2. The molecule has 98 valence electrons. The number of hydrogen-bond acceptors (Lipinski definition) is 2. The lowest BCUT2D eigenvalue weighted by Crippen LogP contribution is -2.46. The van der Waals surface area contributed by atoms with E-state index in [4.69, 9.17) is 5.11 Å². The van der Waals surface area contributed by atoms with Crippen LogP contribution in [0.25, 0.3) is 0 Å². The van der Waals surface area contributed by atoms with Crippen molar-refractivity contribution in [2.24, 2.45) is 0 Å². The zero-order valence-electron chi connectivity index (χ0n) is 10.8. The Hall–Kier alpha value is -2.04. The van der Waals surface area contributed by atoms with Gasteiger partial charge in [-0.15, -0.1) is 0 Å². The van der Waals surface area contributed by atoms with Gasteiger partial charge in [-0.2, -0.15) is 0 Å². The first-order valence-corrected chi connectivity index (χ1v) is 5.74. The fourth-order valence-electron chi connectivity index (χ4n) is 1.45. The Morgan fingerprint density at radius 3 is 2.28 bits per heavy atom. The molecule has 0 aliphatic heterocycles. The number of nitrogens with one attached hydrogen (secondary N) is 1. The summed E-state index contributed by atoms with van der Waals surface area (Å²) in [5.41, 5.74) is 0.974. The normalized spacial score (nSPS) is 13.5. The molecule has 2 N–H and O–H groups in total. The molecule has 0 spiro atoms. The van der Waals surface area contributed by atoms with Crippen molar-refractivity contribution >= 4 is 12.0 Å². The van der Waals surface area contributed by atoms with Crippen LogP contribution in [-0.4, -0.2) is 35.1 Å². The van der Waals surface area contributed by atoms with E-state index in [0.717, 1.165) is 5.56 Å². The third-order valence-electron chi connectivity index (χ3n) is 2.90. The van der Waals surface area contributed by atoms with Crippen molar-refractivity contribution in [3.05, 3.63) is 35.9 Å². The zero-order chi connectivity index (χ0) is 13.7. The summed E-state index contributed by atoms with van der Waals surface area (Å²) >= 11 is 0. The number of amides is 2. The molecular weight excluding hydrogens is 232 g/mol. The van der Waals surface area contributed by atoms with E-state index in [1.54, 1.807) is 0 Å². The van der Waals surface area contributed by atoms with Gasteiger partial charge in [0.2, 0.25) is 0 Å². The molecule has 18 heavy (non-hydrogen) atoms. The fraction of sp³-hybridized carbons (Fsp3) is 0.385. The SMILES string of the molecule is CC(NC(=O)N(C)C(C)C(=O)O)c1ccccc1. The van der Waals surface area contributed by atoms with Gasteiger partial charge in [0.1, 0.15) is 6.04 Å². The number of aliphatic carboxylic acids is 1. The minimum atomic E-state index is -1.03. The third kappa shape index (κ3) is 3.48. The maximum absolute atomic E-state index is 11.8. The zero-order valence-corrected chi connectivity index (χ0v) is 10.8. The van der Waals surface area contributed by atoms with Gasteiger partial charge in [0.25, 0.3) is 0 Å². The van der Waals surface area contributed by atoms with E-state index in [9.17, 15) is 9.59 Å². The highest BCUT2D eigenvalue weighted by Crippen LogP contribution is 2.11. The summed E-state index contributed by atoms with van der Waals surface area (Å²) in [7, 11) is 1.46. The first kappa shape index (κ1) is 14.0. The number of carbonyl (C=O) groups is 2. The molecule has 1 aromatic rings. The molecule has 0 bridgehead atoms. The lowest BCUT2D eigenvalue weighted by atomic mass is 10.1. The number of likely N-dealkylation sites (N-methyl/N-ethyl adjacent to an activating group) is 1. The van der Waals surface area contributed by atoms with Crippen LogP contribution < -0.4 is 5.32 Å². The molecule has 0 aliphatic carbocycles. The molecule has 2 unspecified atom stereocenters. The summed E-state index contributed by atoms with van der Waals surface area (Å²) in [6, 6.07) is 8.08. The van der Waals surface area contributed by atoms with Crippen LogP contribution >= 0.6 is 0 Å². The van der Waals surface area contributed by atoms with E-state index in [-0.39, 0.29) is 6.04 Å². The van der Waals surface area contributed by atoms with E-state index >= 15 is 0 Å². The lowest BCUT2D eigenvalue weighted by Gasteiger charge is -2.24. The summed E-state index contributed by atoms with van der Waals surface area (Å²) in [6.07, 6.45) is 0. The average Bonchev–Trinajstić information content (AvgIpc) is 2.37. The second kappa shape index (κ2) is 6.05. The molecule has 0 fully saturated rings. The van der Waals surface area contributed by atoms with Crippen molar-refractivity contribution in [1.82, 2.24) is 10.2 Å². The average molecular weight is 250 g/mol. The number of benzene rings is 1. The van der Waals surface area contributed by atoms with Crippen molar-refractivity contribution in [2.75, 3.05) is 7.05 Å². The van der Waals surface area contributed by atoms with E-state index in [2.05, 4.69) is 5.32 Å². The molecule has 0 aliphatic rings. The molecule has 5 heteroatoms. The predicted octanol–water partition coefficient (Wildman–Crippen LogP) is 1.86. The van der Waals surface area contributed by atoms with Gasteiger partial charge in [-0.1, -0.05) is 30.3 Å². The highest BCUT2D eigenvalue weighted by molar-refractivity contribution is 5.82. The highest BCUT2D eigenvalue weighted by atomic mass is 16.4. The number of rotatable bonds is 4. The maximum Gasteiger partial charge on any atom is 0.326 e. The molecule has 0 aromatic heterocycles. The Morgan fingerprint density at radius 2 is 1.78 bits per heavy atom. The second-order valence-corrected chi connectivity index (χ2v) is 4.21. The van der Waals surface area contributed by atoms with Crippen LogP contribution in [0.5, 0.6) is 0 Å². The Morgan fingerprint density at radius 1 is 1.22 bits per heavy atom. The second-order valence-electron chi connectivity index (χ2n) is 4.21.